The third-order valence-electron chi connectivity index (χ3n) is 2.63. The van der Waals surface area contributed by atoms with Crippen LogP contribution in [-0.2, 0) is 4.79 Å². The van der Waals surface area contributed by atoms with Crippen LogP contribution in [0.5, 0.6) is 0 Å². The summed E-state index contributed by atoms with van der Waals surface area (Å²) < 4.78 is 0. The molecule has 0 N–H and O–H groups in total. The highest BCUT2D eigenvalue weighted by Crippen LogP contribution is 2.21. The van der Waals surface area contributed by atoms with Crippen molar-refractivity contribution in [3.05, 3.63) is 65.2 Å². The molecule has 0 aliphatic rings. The molecule has 0 bridgehead atoms. The molecule has 3 nitrogen and oxygen atoms in total. The number of nitrogens with zero attached hydrogens (tertiary/aromatic N) is 1. The van der Waals surface area contributed by atoms with Crippen LogP contribution in [0.25, 0.3) is 0 Å². The lowest BCUT2D eigenvalue weighted by molar-refractivity contribution is 0.103. The molecule has 0 radical (unpaired) electrons. The van der Waals surface area contributed by atoms with Gasteiger partial charge in [0.05, 0.1) is 5.69 Å². The predicted octanol–water partition coefficient (Wildman–Crippen LogP) is 3.19. The van der Waals surface area contributed by atoms with Crippen molar-refractivity contribution >= 4 is 17.6 Å². The predicted molar refractivity (Wildman–Crippen MR) is 68.8 cm³/mol. The smallest absolute Gasteiger partial charge is 0.240 e. The van der Waals surface area contributed by atoms with Gasteiger partial charge in [0.2, 0.25) is 6.08 Å². The third kappa shape index (κ3) is 2.42. The highest BCUT2D eigenvalue weighted by Gasteiger charge is 2.12. The minimum atomic E-state index is -0.149. The molecule has 88 valence electrons. The Balaban J connectivity index is 2.46. The number of aryl methyl sites for hydroxylation is 1. The lowest BCUT2D eigenvalue weighted by atomic mass is 10.0. The van der Waals surface area contributed by atoms with Crippen LogP contribution in [-0.4, -0.2) is 11.9 Å². The zero-order valence-electron chi connectivity index (χ0n) is 9.88. The van der Waals surface area contributed by atoms with Crippen LogP contribution >= 0.6 is 0 Å². The Labute approximate surface area is 105 Å². The van der Waals surface area contributed by atoms with Gasteiger partial charge in [-0.15, -0.1) is 0 Å². The van der Waals surface area contributed by atoms with Crippen LogP contribution in [0.4, 0.5) is 5.69 Å². The van der Waals surface area contributed by atoms with Crippen LogP contribution in [0.15, 0.2) is 53.5 Å². The maximum atomic E-state index is 12.3. The second-order valence-electron chi connectivity index (χ2n) is 3.92. The van der Waals surface area contributed by atoms with Crippen LogP contribution in [0.1, 0.15) is 21.5 Å². The van der Waals surface area contributed by atoms with E-state index < -0.39 is 0 Å². The van der Waals surface area contributed by atoms with Gasteiger partial charge in [-0.3, -0.25) is 4.79 Å². The van der Waals surface area contributed by atoms with Crippen LogP contribution in [0.2, 0.25) is 0 Å². The second kappa shape index (κ2) is 5.21. The minimum Gasteiger partial charge on any atom is -0.289 e. The molecule has 18 heavy (non-hydrogen) atoms. The first-order chi connectivity index (χ1) is 8.72. The molecule has 0 amide bonds. The Kier molecular flexibility index (Phi) is 3.46. The van der Waals surface area contributed by atoms with E-state index in [0.29, 0.717) is 16.8 Å². The maximum Gasteiger partial charge on any atom is 0.240 e. The lowest BCUT2D eigenvalue weighted by Crippen LogP contribution is -2.01. The van der Waals surface area contributed by atoms with Crippen molar-refractivity contribution in [2.75, 3.05) is 0 Å². The van der Waals surface area contributed by atoms with Crippen molar-refractivity contribution in [1.29, 1.82) is 0 Å². The molecule has 0 unspecified atom stereocenters. The van der Waals surface area contributed by atoms with Gasteiger partial charge in [0, 0.05) is 11.1 Å². The second-order valence-corrected chi connectivity index (χ2v) is 3.92. The molecule has 0 aliphatic carbocycles. The van der Waals surface area contributed by atoms with E-state index in [1.165, 1.54) is 6.08 Å². The molecule has 3 heteroatoms. The number of benzene rings is 2. The first-order valence-electron chi connectivity index (χ1n) is 5.50. The van der Waals surface area contributed by atoms with E-state index in [-0.39, 0.29) is 5.78 Å². The average Bonchev–Trinajstić information content (AvgIpc) is 2.40. The lowest BCUT2D eigenvalue weighted by Gasteiger charge is -2.04. The molecule has 2 rings (SSSR count). The molecule has 0 aromatic heterocycles. The van der Waals surface area contributed by atoms with E-state index in [2.05, 4.69) is 4.99 Å². The van der Waals surface area contributed by atoms with Crippen LogP contribution in [0, 0.1) is 6.92 Å². The Morgan fingerprint density at radius 2 is 1.72 bits per heavy atom. The standard InChI is InChI=1S/C15H11NO2/c1-11-6-8-12(9-7-11)15(18)13-4-2-3-5-14(13)16-10-17/h2-9H,1H3. The van der Waals surface area contributed by atoms with Gasteiger partial charge in [0.1, 0.15) is 0 Å². The zero-order valence-corrected chi connectivity index (χ0v) is 9.88. The summed E-state index contributed by atoms with van der Waals surface area (Å²) in [6.45, 7) is 1.96. The molecule has 0 fully saturated rings. The zero-order chi connectivity index (χ0) is 13.0. The van der Waals surface area contributed by atoms with E-state index in [9.17, 15) is 9.59 Å². The van der Waals surface area contributed by atoms with Crippen molar-refractivity contribution in [2.24, 2.45) is 4.99 Å². The van der Waals surface area contributed by atoms with E-state index in [4.69, 9.17) is 0 Å². The van der Waals surface area contributed by atoms with Gasteiger partial charge < -0.3 is 0 Å². The van der Waals surface area contributed by atoms with E-state index in [1.807, 2.05) is 19.1 Å². The fraction of sp³-hybridized carbons (Fsp3) is 0.0667. The monoisotopic (exact) mass is 237 g/mol. The van der Waals surface area contributed by atoms with Crippen molar-refractivity contribution in [2.45, 2.75) is 6.92 Å². The number of carbonyl (C=O) groups is 1. The van der Waals surface area contributed by atoms with Crippen LogP contribution in [0.3, 0.4) is 0 Å². The summed E-state index contributed by atoms with van der Waals surface area (Å²) in [4.78, 5) is 26.1. The Morgan fingerprint density at radius 1 is 1.06 bits per heavy atom. The third-order valence-corrected chi connectivity index (χ3v) is 2.63. The first kappa shape index (κ1) is 12.0. The quantitative estimate of drug-likeness (QED) is 0.467. The number of hydrogen-bond acceptors (Lipinski definition) is 3. The summed E-state index contributed by atoms with van der Waals surface area (Å²) in [7, 11) is 0. The summed E-state index contributed by atoms with van der Waals surface area (Å²) in [5.74, 6) is -0.149. The molecule has 0 heterocycles. The fourth-order valence-corrected chi connectivity index (χ4v) is 1.67. The van der Waals surface area contributed by atoms with Gasteiger partial charge in [-0.1, -0.05) is 42.0 Å². The summed E-state index contributed by atoms with van der Waals surface area (Å²) in [6.07, 6.45) is 1.46. The molecule has 0 saturated heterocycles. The van der Waals surface area contributed by atoms with Crippen molar-refractivity contribution < 1.29 is 9.59 Å². The molecule has 0 aliphatic heterocycles. The number of isocyanates is 1. The number of ketones is 1. The Morgan fingerprint density at radius 3 is 2.39 bits per heavy atom. The molecular weight excluding hydrogens is 226 g/mol. The SMILES string of the molecule is Cc1ccc(C(=O)c2ccccc2N=C=O)cc1. The number of para-hydroxylation sites is 1. The van der Waals surface area contributed by atoms with Gasteiger partial charge in [-0.2, -0.15) is 4.99 Å². The Hall–Kier alpha value is -2.51. The van der Waals surface area contributed by atoms with Gasteiger partial charge in [-0.05, 0) is 19.1 Å². The topological polar surface area (TPSA) is 46.5 Å². The minimum absolute atomic E-state index is 0.149. The Bertz CT molecular complexity index is 623. The van der Waals surface area contributed by atoms with Gasteiger partial charge in [0.15, 0.2) is 5.78 Å². The number of hydrogen-bond donors (Lipinski definition) is 0. The van der Waals surface area contributed by atoms with E-state index in [0.717, 1.165) is 5.56 Å². The number of aliphatic imine (C=N–C) groups is 1. The molecule has 0 spiro atoms. The van der Waals surface area contributed by atoms with Crippen molar-refractivity contribution in [3.8, 4) is 0 Å². The van der Waals surface area contributed by atoms with Crippen molar-refractivity contribution in [3.63, 3.8) is 0 Å². The summed E-state index contributed by atoms with van der Waals surface area (Å²) >= 11 is 0. The summed E-state index contributed by atoms with van der Waals surface area (Å²) in [5, 5.41) is 0. The highest BCUT2D eigenvalue weighted by molar-refractivity contribution is 6.12. The average molecular weight is 237 g/mol. The normalized spacial score (nSPS) is 9.61. The largest absolute Gasteiger partial charge is 0.289 e. The van der Waals surface area contributed by atoms with Gasteiger partial charge in [-0.25, -0.2) is 4.79 Å². The van der Waals surface area contributed by atoms with Gasteiger partial charge >= 0.3 is 0 Å². The van der Waals surface area contributed by atoms with E-state index in [1.54, 1.807) is 36.4 Å². The molecule has 2 aromatic rings. The highest BCUT2D eigenvalue weighted by atomic mass is 16.1. The molecule has 2 aromatic carbocycles. The molecule has 0 atom stereocenters. The summed E-state index contributed by atoms with van der Waals surface area (Å²) in [6, 6.07) is 14.0. The summed E-state index contributed by atoms with van der Waals surface area (Å²) in [5.41, 5.74) is 2.42. The van der Waals surface area contributed by atoms with Gasteiger partial charge in [0.25, 0.3) is 0 Å². The van der Waals surface area contributed by atoms with Crippen LogP contribution < -0.4 is 0 Å². The first-order valence-corrected chi connectivity index (χ1v) is 5.50. The number of carbonyl (C=O) groups excluding carboxylic acids is 2. The fourth-order valence-electron chi connectivity index (χ4n) is 1.67. The number of rotatable bonds is 3. The van der Waals surface area contributed by atoms with Crippen molar-refractivity contribution in [1.82, 2.24) is 0 Å². The molecular formula is C15H11NO2. The van der Waals surface area contributed by atoms with E-state index >= 15 is 0 Å². The molecule has 0 saturated carbocycles. The maximum absolute atomic E-state index is 12.3.